The van der Waals surface area contributed by atoms with Gasteiger partial charge in [0.05, 0.1) is 17.1 Å². The van der Waals surface area contributed by atoms with Gasteiger partial charge in [-0.3, -0.25) is 4.98 Å². The standard InChI is InChI=1S/C17H19N5OS/c23-17-21(12-11-20-9-1-2-10-20)19-16(15-4-3-13-24-15)22(17)14-5-7-18-8-6-14/h3-8,13H,1-2,9-12H2. The minimum atomic E-state index is -0.0937. The Hall–Kier alpha value is -2.25. The Labute approximate surface area is 144 Å². The largest absolute Gasteiger partial charge is 0.350 e. The van der Waals surface area contributed by atoms with Crippen molar-refractivity contribution in [1.82, 2.24) is 24.2 Å². The second kappa shape index (κ2) is 6.70. The van der Waals surface area contributed by atoms with Gasteiger partial charge >= 0.3 is 5.69 Å². The molecule has 0 atom stereocenters. The van der Waals surface area contributed by atoms with Crippen molar-refractivity contribution in [3.8, 4) is 16.4 Å². The predicted molar refractivity (Wildman–Crippen MR) is 94.6 cm³/mol. The summed E-state index contributed by atoms with van der Waals surface area (Å²) in [5.74, 6) is 0.697. The molecule has 24 heavy (non-hydrogen) atoms. The molecule has 4 rings (SSSR count). The second-order valence-electron chi connectivity index (χ2n) is 5.90. The van der Waals surface area contributed by atoms with Crippen molar-refractivity contribution < 1.29 is 0 Å². The fourth-order valence-electron chi connectivity index (χ4n) is 3.09. The van der Waals surface area contributed by atoms with Crippen LogP contribution in [0.3, 0.4) is 0 Å². The van der Waals surface area contributed by atoms with Crippen molar-refractivity contribution >= 4 is 11.3 Å². The van der Waals surface area contributed by atoms with Crippen LogP contribution in [0.25, 0.3) is 16.4 Å². The molecule has 6 nitrogen and oxygen atoms in total. The molecule has 4 heterocycles. The van der Waals surface area contributed by atoms with Gasteiger partial charge in [-0.25, -0.2) is 14.0 Å². The minimum Gasteiger partial charge on any atom is -0.301 e. The van der Waals surface area contributed by atoms with Crippen LogP contribution in [0.15, 0.2) is 46.8 Å². The molecule has 1 saturated heterocycles. The Morgan fingerprint density at radius 2 is 1.88 bits per heavy atom. The molecule has 1 aliphatic heterocycles. The summed E-state index contributed by atoms with van der Waals surface area (Å²) < 4.78 is 3.27. The Morgan fingerprint density at radius 3 is 2.58 bits per heavy atom. The first-order valence-electron chi connectivity index (χ1n) is 8.19. The molecule has 1 aliphatic rings. The van der Waals surface area contributed by atoms with Gasteiger partial charge in [-0.2, -0.15) is 0 Å². The maximum Gasteiger partial charge on any atom is 0.350 e. The first-order chi connectivity index (χ1) is 11.8. The highest BCUT2D eigenvalue weighted by atomic mass is 32.1. The summed E-state index contributed by atoms with van der Waals surface area (Å²) in [7, 11) is 0. The summed E-state index contributed by atoms with van der Waals surface area (Å²) in [6, 6.07) is 7.65. The zero-order chi connectivity index (χ0) is 16.4. The van der Waals surface area contributed by atoms with E-state index < -0.39 is 0 Å². The van der Waals surface area contributed by atoms with Crippen molar-refractivity contribution in [1.29, 1.82) is 0 Å². The van der Waals surface area contributed by atoms with Gasteiger partial charge in [-0.05, 0) is 49.5 Å². The van der Waals surface area contributed by atoms with Crippen molar-refractivity contribution in [2.45, 2.75) is 19.4 Å². The third-order valence-electron chi connectivity index (χ3n) is 4.33. The fourth-order valence-corrected chi connectivity index (χ4v) is 3.79. The molecule has 0 bridgehead atoms. The number of likely N-dealkylation sites (tertiary alicyclic amines) is 1. The number of rotatable bonds is 5. The van der Waals surface area contributed by atoms with Crippen molar-refractivity contribution in [3.05, 3.63) is 52.5 Å². The lowest BCUT2D eigenvalue weighted by atomic mass is 10.3. The molecule has 0 aromatic carbocycles. The molecule has 0 radical (unpaired) electrons. The van der Waals surface area contributed by atoms with Crippen LogP contribution >= 0.6 is 11.3 Å². The molecule has 0 N–H and O–H groups in total. The summed E-state index contributed by atoms with van der Waals surface area (Å²) in [4.78, 5) is 20.3. The summed E-state index contributed by atoms with van der Waals surface area (Å²) in [5.41, 5.74) is 0.703. The van der Waals surface area contributed by atoms with E-state index in [1.54, 1.807) is 33.0 Å². The number of pyridine rings is 1. The number of aromatic nitrogens is 4. The van der Waals surface area contributed by atoms with E-state index in [1.165, 1.54) is 12.8 Å². The Kier molecular flexibility index (Phi) is 4.27. The van der Waals surface area contributed by atoms with Crippen molar-refractivity contribution in [2.24, 2.45) is 0 Å². The van der Waals surface area contributed by atoms with Gasteiger partial charge in [0.2, 0.25) is 0 Å². The molecule has 3 aromatic heterocycles. The molecule has 0 saturated carbocycles. The molecule has 3 aromatic rings. The minimum absolute atomic E-state index is 0.0937. The molecule has 124 valence electrons. The second-order valence-corrected chi connectivity index (χ2v) is 6.84. The Bertz CT molecular complexity index is 847. The fraction of sp³-hybridized carbons (Fsp3) is 0.353. The molecule has 1 fully saturated rings. The number of nitrogens with zero attached hydrogens (tertiary/aromatic N) is 5. The highest BCUT2D eigenvalue weighted by Gasteiger charge is 2.18. The lowest BCUT2D eigenvalue weighted by Crippen LogP contribution is -2.30. The lowest BCUT2D eigenvalue weighted by molar-refractivity contribution is 0.313. The van der Waals surface area contributed by atoms with E-state index >= 15 is 0 Å². The van der Waals surface area contributed by atoms with Crippen LogP contribution in [-0.2, 0) is 6.54 Å². The maximum atomic E-state index is 12.9. The molecule has 0 aliphatic carbocycles. The lowest BCUT2D eigenvalue weighted by Gasteiger charge is -2.13. The van der Waals surface area contributed by atoms with Gasteiger partial charge in [0.25, 0.3) is 0 Å². The third kappa shape index (κ3) is 2.92. The van der Waals surface area contributed by atoms with E-state index in [2.05, 4.69) is 15.0 Å². The number of thiophene rings is 1. The maximum absolute atomic E-state index is 12.9. The first kappa shape index (κ1) is 15.3. The highest BCUT2D eigenvalue weighted by molar-refractivity contribution is 7.13. The quantitative estimate of drug-likeness (QED) is 0.714. The van der Waals surface area contributed by atoms with Crippen LogP contribution in [0.5, 0.6) is 0 Å². The molecular formula is C17H19N5OS. The average molecular weight is 341 g/mol. The third-order valence-corrected chi connectivity index (χ3v) is 5.19. The number of hydrogen-bond donors (Lipinski definition) is 0. The molecule has 0 amide bonds. The monoisotopic (exact) mass is 341 g/mol. The van der Waals surface area contributed by atoms with Crippen LogP contribution < -0.4 is 5.69 Å². The first-order valence-corrected chi connectivity index (χ1v) is 9.07. The van der Waals surface area contributed by atoms with Crippen molar-refractivity contribution in [2.75, 3.05) is 19.6 Å². The normalized spacial score (nSPS) is 15.2. The van der Waals surface area contributed by atoms with Crippen LogP contribution in [0.1, 0.15) is 12.8 Å². The van der Waals surface area contributed by atoms with Gasteiger partial charge in [-0.1, -0.05) is 6.07 Å². The zero-order valence-corrected chi connectivity index (χ0v) is 14.2. The molecule has 0 spiro atoms. The predicted octanol–water partition coefficient (Wildman–Crippen LogP) is 2.25. The van der Waals surface area contributed by atoms with E-state index in [4.69, 9.17) is 0 Å². The Balaban J connectivity index is 1.72. The van der Waals surface area contributed by atoms with Crippen molar-refractivity contribution in [3.63, 3.8) is 0 Å². The van der Waals surface area contributed by atoms with Gasteiger partial charge in [0, 0.05) is 18.9 Å². The topological polar surface area (TPSA) is 56.0 Å². The van der Waals surface area contributed by atoms with Gasteiger partial charge in [-0.15, -0.1) is 16.4 Å². The Morgan fingerprint density at radius 1 is 1.08 bits per heavy atom. The van der Waals surface area contributed by atoms with E-state index in [0.29, 0.717) is 12.4 Å². The van der Waals surface area contributed by atoms with Crippen LogP contribution in [-0.4, -0.2) is 43.9 Å². The van der Waals surface area contributed by atoms with Gasteiger partial charge in [0.15, 0.2) is 5.82 Å². The number of hydrogen-bond acceptors (Lipinski definition) is 5. The van der Waals surface area contributed by atoms with Crippen LogP contribution in [0.2, 0.25) is 0 Å². The van der Waals surface area contributed by atoms with E-state index in [0.717, 1.165) is 30.2 Å². The van der Waals surface area contributed by atoms with E-state index in [9.17, 15) is 4.79 Å². The summed E-state index contributed by atoms with van der Waals surface area (Å²) >= 11 is 1.59. The summed E-state index contributed by atoms with van der Waals surface area (Å²) in [6.07, 6.45) is 5.89. The highest BCUT2D eigenvalue weighted by Crippen LogP contribution is 2.23. The smallest absolute Gasteiger partial charge is 0.301 e. The van der Waals surface area contributed by atoms with Gasteiger partial charge in [0.1, 0.15) is 0 Å². The summed E-state index contributed by atoms with van der Waals surface area (Å²) in [5, 5.41) is 6.62. The average Bonchev–Trinajstić information content (AvgIpc) is 3.35. The van der Waals surface area contributed by atoms with Gasteiger partial charge < -0.3 is 4.90 Å². The molecular weight excluding hydrogens is 322 g/mol. The SMILES string of the molecule is O=c1n(CCN2CCCC2)nc(-c2cccs2)n1-c1ccncc1. The summed E-state index contributed by atoms with van der Waals surface area (Å²) in [6.45, 7) is 3.74. The van der Waals surface area contributed by atoms with E-state index in [-0.39, 0.29) is 5.69 Å². The molecule has 7 heteroatoms. The van der Waals surface area contributed by atoms with E-state index in [1.807, 2.05) is 29.6 Å². The molecule has 0 unspecified atom stereocenters. The van der Waals surface area contributed by atoms with Crippen LogP contribution in [0.4, 0.5) is 0 Å². The zero-order valence-electron chi connectivity index (χ0n) is 13.3. The van der Waals surface area contributed by atoms with Crippen LogP contribution in [0, 0.1) is 0 Å².